The molecular formula is C15H13ClOS. The minimum absolute atomic E-state index is 0.759. The third kappa shape index (κ3) is 3.31. The van der Waals surface area contributed by atoms with E-state index in [1.807, 2.05) is 60.0 Å². The molecule has 0 atom stereocenters. The fourth-order valence-corrected chi connectivity index (χ4v) is 2.49. The fourth-order valence-electron chi connectivity index (χ4n) is 1.51. The molecule has 0 aliphatic heterocycles. The van der Waals surface area contributed by atoms with Gasteiger partial charge in [-0.3, -0.25) is 0 Å². The molecule has 0 saturated heterocycles. The van der Waals surface area contributed by atoms with Crippen LogP contribution < -0.4 is 4.74 Å². The van der Waals surface area contributed by atoms with Gasteiger partial charge in [0, 0.05) is 5.02 Å². The largest absolute Gasteiger partial charge is 0.496 e. The van der Waals surface area contributed by atoms with Gasteiger partial charge in [-0.05, 0) is 35.2 Å². The van der Waals surface area contributed by atoms with Gasteiger partial charge in [-0.1, -0.05) is 53.7 Å². The van der Waals surface area contributed by atoms with Crippen molar-refractivity contribution in [2.45, 2.75) is 4.90 Å². The number of benzene rings is 2. The van der Waals surface area contributed by atoms with E-state index in [0.29, 0.717) is 0 Å². The second-order valence-electron chi connectivity index (χ2n) is 3.59. The van der Waals surface area contributed by atoms with Crippen LogP contribution >= 0.6 is 23.4 Å². The average molecular weight is 277 g/mol. The summed E-state index contributed by atoms with van der Waals surface area (Å²) >= 11 is 7.69. The number of halogens is 1. The Balaban J connectivity index is 2.10. The Morgan fingerprint density at radius 2 is 1.78 bits per heavy atom. The van der Waals surface area contributed by atoms with Crippen molar-refractivity contribution in [1.82, 2.24) is 0 Å². The lowest BCUT2D eigenvalue weighted by Gasteiger charge is -2.04. The van der Waals surface area contributed by atoms with Crippen molar-refractivity contribution in [3.63, 3.8) is 0 Å². The highest BCUT2D eigenvalue weighted by Gasteiger charge is 1.99. The lowest BCUT2D eigenvalue weighted by Crippen LogP contribution is -1.83. The summed E-state index contributed by atoms with van der Waals surface area (Å²) in [5, 5.41) is 2.77. The molecule has 92 valence electrons. The van der Waals surface area contributed by atoms with E-state index in [9.17, 15) is 0 Å². The van der Waals surface area contributed by atoms with E-state index >= 15 is 0 Å². The second-order valence-corrected chi connectivity index (χ2v) is 4.95. The number of methoxy groups -OCH3 is 1. The first-order valence-electron chi connectivity index (χ1n) is 5.52. The Morgan fingerprint density at radius 3 is 2.56 bits per heavy atom. The maximum atomic E-state index is 6.08. The summed E-state index contributed by atoms with van der Waals surface area (Å²) in [4.78, 5) is 1.09. The Kier molecular flexibility index (Phi) is 4.73. The zero-order valence-electron chi connectivity index (χ0n) is 9.97. The topological polar surface area (TPSA) is 9.23 Å². The van der Waals surface area contributed by atoms with Crippen LogP contribution in [0.3, 0.4) is 0 Å². The molecule has 0 aromatic heterocycles. The van der Waals surface area contributed by atoms with E-state index < -0.39 is 0 Å². The zero-order valence-corrected chi connectivity index (χ0v) is 11.5. The first kappa shape index (κ1) is 13.1. The molecule has 1 nitrogen and oxygen atoms in total. The molecular weight excluding hydrogens is 264 g/mol. The van der Waals surface area contributed by atoms with Crippen molar-refractivity contribution in [1.29, 1.82) is 0 Å². The molecule has 0 fully saturated rings. The highest BCUT2D eigenvalue weighted by atomic mass is 35.5. The molecule has 0 saturated carbocycles. The molecule has 0 amide bonds. The van der Waals surface area contributed by atoms with Crippen LogP contribution in [0.5, 0.6) is 5.75 Å². The number of para-hydroxylation sites is 1. The van der Waals surface area contributed by atoms with Gasteiger partial charge in [-0.25, -0.2) is 0 Å². The SMILES string of the molecule is COc1ccccc1S/C=C/c1ccccc1Cl. The smallest absolute Gasteiger partial charge is 0.132 e. The van der Waals surface area contributed by atoms with Crippen molar-refractivity contribution >= 4 is 29.4 Å². The van der Waals surface area contributed by atoms with Gasteiger partial charge in [0.2, 0.25) is 0 Å². The van der Waals surface area contributed by atoms with Crippen LogP contribution in [0, 0.1) is 0 Å². The number of hydrogen-bond acceptors (Lipinski definition) is 2. The summed E-state index contributed by atoms with van der Waals surface area (Å²) in [5.74, 6) is 0.881. The van der Waals surface area contributed by atoms with Gasteiger partial charge >= 0.3 is 0 Å². The molecule has 2 aromatic carbocycles. The Bertz CT molecular complexity index is 552. The maximum absolute atomic E-state index is 6.08. The standard InChI is InChI=1S/C15H13ClOS/c1-17-14-8-4-5-9-15(14)18-11-10-12-6-2-3-7-13(12)16/h2-11H,1H3/b11-10+. The number of hydrogen-bond donors (Lipinski definition) is 0. The van der Waals surface area contributed by atoms with E-state index in [0.717, 1.165) is 21.2 Å². The molecule has 0 N–H and O–H groups in total. The molecule has 0 unspecified atom stereocenters. The second kappa shape index (κ2) is 6.53. The van der Waals surface area contributed by atoms with Gasteiger partial charge in [-0.15, -0.1) is 0 Å². The van der Waals surface area contributed by atoms with Crippen LogP contribution in [0.25, 0.3) is 6.08 Å². The van der Waals surface area contributed by atoms with E-state index in [1.165, 1.54) is 0 Å². The summed E-state index contributed by atoms with van der Waals surface area (Å²) in [5.41, 5.74) is 1.02. The Labute approximate surface area is 116 Å². The number of rotatable bonds is 4. The fraction of sp³-hybridized carbons (Fsp3) is 0.0667. The van der Waals surface area contributed by atoms with Crippen LogP contribution in [0.1, 0.15) is 5.56 Å². The highest BCUT2D eigenvalue weighted by Crippen LogP contribution is 2.30. The lowest BCUT2D eigenvalue weighted by atomic mass is 10.2. The van der Waals surface area contributed by atoms with Gasteiger partial charge in [-0.2, -0.15) is 0 Å². The highest BCUT2D eigenvalue weighted by molar-refractivity contribution is 8.02. The first-order chi connectivity index (χ1) is 8.81. The summed E-state index contributed by atoms with van der Waals surface area (Å²) in [6.45, 7) is 0. The van der Waals surface area contributed by atoms with Crippen molar-refractivity contribution in [2.24, 2.45) is 0 Å². The van der Waals surface area contributed by atoms with Crippen LogP contribution in [0.2, 0.25) is 5.02 Å². The summed E-state index contributed by atoms with van der Waals surface area (Å²) in [6, 6.07) is 15.7. The van der Waals surface area contributed by atoms with Crippen LogP contribution in [-0.2, 0) is 0 Å². The van der Waals surface area contributed by atoms with Crippen molar-refractivity contribution in [3.8, 4) is 5.75 Å². The van der Waals surface area contributed by atoms with Crippen LogP contribution in [0.4, 0.5) is 0 Å². The quantitative estimate of drug-likeness (QED) is 0.718. The van der Waals surface area contributed by atoms with Gasteiger partial charge in [0.15, 0.2) is 0 Å². The maximum Gasteiger partial charge on any atom is 0.132 e. The van der Waals surface area contributed by atoms with Gasteiger partial charge in [0.05, 0.1) is 12.0 Å². The number of thioether (sulfide) groups is 1. The van der Waals surface area contributed by atoms with E-state index in [4.69, 9.17) is 16.3 Å². The average Bonchev–Trinajstić information content (AvgIpc) is 2.41. The molecule has 3 heteroatoms. The molecule has 0 bridgehead atoms. The van der Waals surface area contributed by atoms with E-state index in [2.05, 4.69) is 0 Å². The predicted octanol–water partition coefficient (Wildman–Crippen LogP) is 5.11. The molecule has 0 aliphatic rings. The minimum Gasteiger partial charge on any atom is -0.496 e. The Hall–Kier alpha value is -1.38. The van der Waals surface area contributed by atoms with E-state index in [-0.39, 0.29) is 0 Å². The molecule has 0 heterocycles. The van der Waals surface area contributed by atoms with Crippen molar-refractivity contribution in [2.75, 3.05) is 7.11 Å². The van der Waals surface area contributed by atoms with Gasteiger partial charge < -0.3 is 4.74 Å². The molecule has 18 heavy (non-hydrogen) atoms. The minimum atomic E-state index is 0.759. The third-order valence-electron chi connectivity index (χ3n) is 2.42. The molecule has 2 aromatic rings. The Morgan fingerprint density at radius 1 is 1.06 bits per heavy atom. The van der Waals surface area contributed by atoms with Crippen molar-refractivity contribution < 1.29 is 4.74 Å². The molecule has 0 spiro atoms. The van der Waals surface area contributed by atoms with Gasteiger partial charge in [0.1, 0.15) is 5.75 Å². The van der Waals surface area contributed by atoms with Crippen LogP contribution in [0.15, 0.2) is 58.8 Å². The van der Waals surface area contributed by atoms with Crippen molar-refractivity contribution in [3.05, 3.63) is 64.5 Å². The van der Waals surface area contributed by atoms with E-state index in [1.54, 1.807) is 18.9 Å². The molecule has 2 rings (SSSR count). The number of ether oxygens (including phenoxy) is 1. The van der Waals surface area contributed by atoms with Gasteiger partial charge in [0.25, 0.3) is 0 Å². The summed E-state index contributed by atoms with van der Waals surface area (Å²) < 4.78 is 5.29. The summed E-state index contributed by atoms with van der Waals surface area (Å²) in [6.07, 6.45) is 2.00. The normalized spacial score (nSPS) is 10.8. The zero-order chi connectivity index (χ0) is 12.8. The lowest BCUT2D eigenvalue weighted by molar-refractivity contribution is 0.405. The monoisotopic (exact) mass is 276 g/mol. The predicted molar refractivity (Wildman–Crippen MR) is 79.3 cm³/mol. The van der Waals surface area contributed by atoms with Crippen LogP contribution in [-0.4, -0.2) is 7.11 Å². The molecule has 0 aliphatic carbocycles. The summed E-state index contributed by atoms with van der Waals surface area (Å²) in [7, 11) is 1.68. The molecule has 0 radical (unpaired) electrons. The third-order valence-corrected chi connectivity index (χ3v) is 3.62. The first-order valence-corrected chi connectivity index (χ1v) is 6.78.